The zero-order chi connectivity index (χ0) is 17.5. The summed E-state index contributed by atoms with van der Waals surface area (Å²) in [6.07, 6.45) is 3.76. The predicted molar refractivity (Wildman–Crippen MR) is 95.2 cm³/mol. The van der Waals surface area contributed by atoms with Crippen LogP contribution >= 0.6 is 0 Å². The van der Waals surface area contributed by atoms with Crippen LogP contribution in [-0.4, -0.2) is 45.3 Å². The summed E-state index contributed by atoms with van der Waals surface area (Å²) in [5.41, 5.74) is 1.15. The zero-order valence-corrected chi connectivity index (χ0v) is 14.6. The molecule has 2 amide bonds. The van der Waals surface area contributed by atoms with E-state index in [4.69, 9.17) is 4.74 Å². The van der Waals surface area contributed by atoms with Crippen molar-refractivity contribution >= 4 is 12.0 Å². The maximum Gasteiger partial charge on any atom is 0.324 e. The zero-order valence-electron chi connectivity index (χ0n) is 14.6. The summed E-state index contributed by atoms with van der Waals surface area (Å²) in [7, 11) is 0. The standard InChI is InChI=1S/C18H25N5O2/c1-2-7-16-19-17(22-21-16)20-18(24)23-11-6-10-15(12-23)25-13-14-8-4-3-5-9-14/h3-5,8-9,15H,2,6-7,10-13H2,1H3,(H2,19,20,21,22,24). The first-order valence-electron chi connectivity index (χ1n) is 8.87. The van der Waals surface area contributed by atoms with Crippen molar-refractivity contribution in [2.45, 2.75) is 45.3 Å². The van der Waals surface area contributed by atoms with Crippen LogP contribution in [0.3, 0.4) is 0 Å². The second kappa shape index (κ2) is 8.62. The number of benzene rings is 1. The van der Waals surface area contributed by atoms with Crippen molar-refractivity contribution < 1.29 is 9.53 Å². The Labute approximate surface area is 147 Å². The van der Waals surface area contributed by atoms with Gasteiger partial charge in [-0.3, -0.25) is 10.4 Å². The molecule has 25 heavy (non-hydrogen) atoms. The average Bonchev–Trinajstić information content (AvgIpc) is 3.08. The Balaban J connectivity index is 1.49. The minimum Gasteiger partial charge on any atom is -0.372 e. The Kier molecular flexibility index (Phi) is 6.00. The molecule has 134 valence electrons. The topological polar surface area (TPSA) is 83.1 Å². The normalized spacial score (nSPS) is 17.5. The van der Waals surface area contributed by atoms with E-state index in [-0.39, 0.29) is 12.1 Å². The van der Waals surface area contributed by atoms with Crippen molar-refractivity contribution in [2.24, 2.45) is 0 Å². The molecule has 1 aromatic heterocycles. The van der Waals surface area contributed by atoms with E-state index in [1.165, 1.54) is 0 Å². The third-order valence-corrected chi connectivity index (χ3v) is 4.23. The number of nitrogens with one attached hydrogen (secondary N) is 2. The molecule has 0 radical (unpaired) electrons. The van der Waals surface area contributed by atoms with Gasteiger partial charge in [0.25, 0.3) is 0 Å². The fourth-order valence-corrected chi connectivity index (χ4v) is 2.92. The number of aryl methyl sites for hydroxylation is 1. The maximum absolute atomic E-state index is 12.4. The third kappa shape index (κ3) is 5.03. The van der Waals surface area contributed by atoms with Crippen LogP contribution in [0.15, 0.2) is 30.3 Å². The minimum atomic E-state index is -0.171. The molecule has 2 aromatic rings. The molecule has 1 fully saturated rings. The number of ether oxygens (including phenoxy) is 1. The number of carbonyl (C=O) groups excluding carboxylic acids is 1. The molecule has 0 spiro atoms. The quantitative estimate of drug-likeness (QED) is 0.845. The lowest BCUT2D eigenvalue weighted by molar-refractivity contribution is 0.00100. The molecule has 0 bridgehead atoms. The number of rotatable bonds is 6. The number of carbonyl (C=O) groups is 1. The molecule has 1 aliphatic heterocycles. The van der Waals surface area contributed by atoms with E-state index < -0.39 is 0 Å². The van der Waals surface area contributed by atoms with E-state index >= 15 is 0 Å². The maximum atomic E-state index is 12.4. The van der Waals surface area contributed by atoms with Crippen molar-refractivity contribution in [3.8, 4) is 0 Å². The van der Waals surface area contributed by atoms with Gasteiger partial charge in [-0.2, -0.15) is 4.98 Å². The lowest BCUT2D eigenvalue weighted by Crippen LogP contribution is -2.45. The van der Waals surface area contributed by atoms with Gasteiger partial charge in [-0.25, -0.2) is 4.79 Å². The van der Waals surface area contributed by atoms with E-state index in [1.54, 1.807) is 4.90 Å². The number of hydrogen-bond acceptors (Lipinski definition) is 4. The van der Waals surface area contributed by atoms with Crippen molar-refractivity contribution in [3.63, 3.8) is 0 Å². The van der Waals surface area contributed by atoms with Gasteiger partial charge >= 0.3 is 6.03 Å². The molecule has 1 atom stereocenters. The Morgan fingerprint density at radius 1 is 1.40 bits per heavy atom. The van der Waals surface area contributed by atoms with E-state index in [1.807, 2.05) is 30.3 Å². The number of amides is 2. The highest BCUT2D eigenvalue weighted by molar-refractivity contribution is 5.87. The summed E-state index contributed by atoms with van der Waals surface area (Å²) >= 11 is 0. The number of H-pyrrole nitrogens is 1. The Hall–Kier alpha value is -2.41. The highest BCUT2D eigenvalue weighted by atomic mass is 16.5. The first kappa shape index (κ1) is 17.4. The molecule has 1 unspecified atom stereocenters. The van der Waals surface area contributed by atoms with Crippen LogP contribution in [0.2, 0.25) is 0 Å². The number of piperidine rings is 1. The fraction of sp³-hybridized carbons (Fsp3) is 0.500. The lowest BCUT2D eigenvalue weighted by Gasteiger charge is -2.32. The molecule has 1 aromatic carbocycles. The highest BCUT2D eigenvalue weighted by Gasteiger charge is 2.25. The third-order valence-electron chi connectivity index (χ3n) is 4.23. The molecule has 2 N–H and O–H groups in total. The van der Waals surface area contributed by atoms with Crippen LogP contribution in [0.4, 0.5) is 10.7 Å². The molecular formula is C18H25N5O2. The van der Waals surface area contributed by atoms with Crippen LogP contribution in [-0.2, 0) is 17.8 Å². The van der Waals surface area contributed by atoms with Gasteiger partial charge in [0.1, 0.15) is 5.82 Å². The number of urea groups is 1. The Morgan fingerprint density at radius 3 is 3.04 bits per heavy atom. The van der Waals surface area contributed by atoms with E-state index in [0.717, 1.165) is 43.6 Å². The summed E-state index contributed by atoms with van der Waals surface area (Å²) < 4.78 is 5.98. The van der Waals surface area contributed by atoms with Crippen LogP contribution in [0.5, 0.6) is 0 Å². The number of hydrogen-bond donors (Lipinski definition) is 2. The molecule has 7 nitrogen and oxygen atoms in total. The molecule has 7 heteroatoms. The van der Waals surface area contributed by atoms with E-state index in [2.05, 4.69) is 27.4 Å². The number of anilines is 1. The molecular weight excluding hydrogens is 318 g/mol. The van der Waals surface area contributed by atoms with Gasteiger partial charge in [0.2, 0.25) is 5.95 Å². The lowest BCUT2D eigenvalue weighted by atomic mass is 10.1. The van der Waals surface area contributed by atoms with Gasteiger partial charge < -0.3 is 9.64 Å². The van der Waals surface area contributed by atoms with Crippen molar-refractivity contribution in [3.05, 3.63) is 41.7 Å². The van der Waals surface area contributed by atoms with Gasteiger partial charge in [0.15, 0.2) is 0 Å². The fourth-order valence-electron chi connectivity index (χ4n) is 2.92. The molecule has 0 aliphatic carbocycles. The first-order valence-corrected chi connectivity index (χ1v) is 8.87. The molecule has 1 saturated heterocycles. The summed E-state index contributed by atoms with van der Waals surface area (Å²) in [4.78, 5) is 18.5. The Bertz CT molecular complexity index is 673. The van der Waals surface area contributed by atoms with Crippen LogP contribution < -0.4 is 5.32 Å². The summed E-state index contributed by atoms with van der Waals surface area (Å²) in [6, 6.07) is 9.92. The second-order valence-corrected chi connectivity index (χ2v) is 6.29. The first-order chi connectivity index (χ1) is 12.2. The van der Waals surface area contributed by atoms with E-state index in [9.17, 15) is 4.79 Å². The van der Waals surface area contributed by atoms with Gasteiger partial charge in [-0.15, -0.1) is 5.10 Å². The summed E-state index contributed by atoms with van der Waals surface area (Å²) in [5.74, 6) is 1.13. The SMILES string of the molecule is CCCc1nc(NC(=O)N2CCCC(OCc3ccccc3)C2)n[nH]1. The number of aromatic nitrogens is 3. The van der Waals surface area contributed by atoms with Crippen LogP contribution in [0.1, 0.15) is 37.6 Å². The van der Waals surface area contributed by atoms with Gasteiger partial charge in [0, 0.05) is 19.5 Å². The molecule has 1 aliphatic rings. The number of nitrogens with zero attached hydrogens (tertiary/aromatic N) is 3. The predicted octanol–water partition coefficient (Wildman–Crippen LogP) is 2.97. The van der Waals surface area contributed by atoms with Crippen molar-refractivity contribution in [2.75, 3.05) is 18.4 Å². The van der Waals surface area contributed by atoms with Gasteiger partial charge in [-0.05, 0) is 24.8 Å². The Morgan fingerprint density at radius 2 is 2.24 bits per heavy atom. The summed E-state index contributed by atoms with van der Waals surface area (Å²) in [6.45, 7) is 3.96. The average molecular weight is 343 g/mol. The minimum absolute atomic E-state index is 0.0579. The smallest absolute Gasteiger partial charge is 0.324 e. The van der Waals surface area contributed by atoms with Crippen molar-refractivity contribution in [1.29, 1.82) is 0 Å². The summed E-state index contributed by atoms with van der Waals surface area (Å²) in [5, 5.41) is 9.64. The van der Waals surface area contributed by atoms with E-state index in [0.29, 0.717) is 19.1 Å². The molecule has 0 saturated carbocycles. The van der Waals surface area contributed by atoms with Crippen molar-refractivity contribution in [1.82, 2.24) is 20.1 Å². The van der Waals surface area contributed by atoms with Crippen LogP contribution in [0.25, 0.3) is 0 Å². The second-order valence-electron chi connectivity index (χ2n) is 6.29. The largest absolute Gasteiger partial charge is 0.372 e. The molecule has 2 heterocycles. The van der Waals surface area contributed by atoms with Gasteiger partial charge in [0.05, 0.1) is 12.7 Å². The number of likely N-dealkylation sites (tertiary alicyclic amines) is 1. The highest BCUT2D eigenvalue weighted by Crippen LogP contribution is 2.16. The molecule has 3 rings (SSSR count). The van der Waals surface area contributed by atoms with Crippen LogP contribution in [0, 0.1) is 0 Å². The monoisotopic (exact) mass is 343 g/mol. The van der Waals surface area contributed by atoms with Gasteiger partial charge in [-0.1, -0.05) is 37.3 Å². The number of aromatic amines is 1.